The number of carbonyl (C=O) groups excluding carboxylic acids is 1. The molecule has 0 spiro atoms. The van der Waals surface area contributed by atoms with Crippen molar-refractivity contribution in [2.75, 3.05) is 13.2 Å². The van der Waals surface area contributed by atoms with Crippen molar-refractivity contribution in [2.24, 2.45) is 0 Å². The van der Waals surface area contributed by atoms with Crippen LogP contribution in [0.5, 0.6) is 0 Å². The van der Waals surface area contributed by atoms with Crippen LogP contribution in [0.1, 0.15) is 6.92 Å². The van der Waals surface area contributed by atoms with Gasteiger partial charge in [0.05, 0.1) is 6.61 Å². The molecule has 0 bridgehead atoms. The standard InChI is InChI=1S/C6H10O3.16C2H4/c1-5(2)6(8)9-4-3-7;16*1-2/h7H,1,3-4H2,2H3;16*1-2H2. The molecule has 0 atom stereocenters. The van der Waals surface area contributed by atoms with Gasteiger partial charge in [0.2, 0.25) is 0 Å². The molecule has 0 amide bonds. The Balaban J connectivity index is -0.0000000106. The lowest BCUT2D eigenvalue weighted by molar-refractivity contribution is -0.139. The number of aliphatic hydroxyl groups excluding tert-OH is 1. The summed E-state index contributed by atoms with van der Waals surface area (Å²) in [6.07, 6.45) is 0. The molecule has 0 fully saturated rings. The van der Waals surface area contributed by atoms with Crippen molar-refractivity contribution in [2.45, 2.75) is 6.92 Å². The van der Waals surface area contributed by atoms with Crippen LogP contribution in [-0.4, -0.2) is 24.3 Å². The van der Waals surface area contributed by atoms with Crippen LogP contribution in [0.15, 0.2) is 223 Å². The first-order chi connectivity index (χ1) is 20.2. The van der Waals surface area contributed by atoms with Crippen LogP contribution >= 0.6 is 0 Å². The molecule has 41 heavy (non-hydrogen) atoms. The topological polar surface area (TPSA) is 46.5 Å². The van der Waals surface area contributed by atoms with Crippen LogP contribution in [0.3, 0.4) is 0 Å². The number of rotatable bonds is 3. The predicted molar refractivity (Wildman–Crippen MR) is 213 cm³/mol. The van der Waals surface area contributed by atoms with Crippen molar-refractivity contribution < 1.29 is 14.6 Å². The Kier molecular flexibility index (Phi) is 7500. The first-order valence-electron chi connectivity index (χ1n) is 10.6. The Morgan fingerprint density at radius 2 is 0.537 bits per heavy atom. The third-order valence-corrected chi connectivity index (χ3v) is 0.673. The summed E-state index contributed by atoms with van der Waals surface area (Å²) < 4.78 is 4.46. The van der Waals surface area contributed by atoms with Gasteiger partial charge in [-0.2, -0.15) is 0 Å². The molecule has 0 aromatic heterocycles. The smallest absolute Gasteiger partial charge is 0.333 e. The third kappa shape index (κ3) is 4210. The molecule has 0 radical (unpaired) electrons. The van der Waals surface area contributed by atoms with E-state index >= 15 is 0 Å². The van der Waals surface area contributed by atoms with Crippen LogP contribution in [0.2, 0.25) is 0 Å². The van der Waals surface area contributed by atoms with Gasteiger partial charge in [-0.15, -0.1) is 211 Å². The second-order valence-electron chi connectivity index (χ2n) is 1.64. The van der Waals surface area contributed by atoms with Crippen molar-refractivity contribution in [1.29, 1.82) is 0 Å². The summed E-state index contributed by atoms with van der Waals surface area (Å²) in [4.78, 5) is 10.5. The minimum absolute atomic E-state index is 0.0473. The molecule has 3 heteroatoms. The molecule has 0 heterocycles. The van der Waals surface area contributed by atoms with Crippen molar-refractivity contribution >= 4 is 5.97 Å². The highest BCUT2D eigenvalue weighted by Gasteiger charge is 1.99. The quantitative estimate of drug-likeness (QED) is 0.206. The fraction of sp³-hybridized carbons (Fsp3) is 0.0789. The van der Waals surface area contributed by atoms with Gasteiger partial charge in [0.1, 0.15) is 6.61 Å². The molecule has 0 aliphatic rings. The molecule has 0 aromatic rings. The summed E-state index contributed by atoms with van der Waals surface area (Å²) in [5.74, 6) is -0.455. The fourth-order valence-electron chi connectivity index (χ4n) is 0.262. The van der Waals surface area contributed by atoms with Crippen molar-refractivity contribution in [3.05, 3.63) is 223 Å². The van der Waals surface area contributed by atoms with Gasteiger partial charge >= 0.3 is 5.97 Å². The van der Waals surface area contributed by atoms with Gasteiger partial charge < -0.3 is 9.84 Å². The van der Waals surface area contributed by atoms with E-state index in [1.807, 2.05) is 0 Å². The van der Waals surface area contributed by atoms with Crippen LogP contribution in [-0.2, 0) is 9.53 Å². The Bertz CT molecular complexity index is 251. The largest absolute Gasteiger partial charge is 0.460 e. The van der Waals surface area contributed by atoms with Crippen molar-refractivity contribution in [3.63, 3.8) is 0 Å². The fourth-order valence-corrected chi connectivity index (χ4v) is 0.262. The number of hydrogen-bond acceptors (Lipinski definition) is 3. The highest BCUT2D eigenvalue weighted by atomic mass is 16.5. The first kappa shape index (κ1) is 122. The second-order valence-corrected chi connectivity index (χ2v) is 1.64. The first-order valence-corrected chi connectivity index (χ1v) is 10.6. The average molecular weight is 579 g/mol. The van der Waals surface area contributed by atoms with Gasteiger partial charge in [0.25, 0.3) is 0 Å². The van der Waals surface area contributed by atoms with E-state index in [1.54, 1.807) is 6.92 Å². The summed E-state index contributed by atoms with van der Waals surface area (Å²) in [6.45, 7) is 101. The van der Waals surface area contributed by atoms with Crippen LogP contribution in [0.25, 0.3) is 0 Å². The zero-order valence-corrected chi connectivity index (χ0v) is 28.0. The lowest BCUT2D eigenvalue weighted by atomic mass is 10.4. The molecule has 0 aromatic carbocycles. The minimum atomic E-state index is -0.455. The van der Waals surface area contributed by atoms with E-state index in [0.29, 0.717) is 5.57 Å². The van der Waals surface area contributed by atoms with Gasteiger partial charge in [0.15, 0.2) is 0 Å². The summed E-state index contributed by atoms with van der Waals surface area (Å²) >= 11 is 0. The van der Waals surface area contributed by atoms with Gasteiger partial charge in [0, 0.05) is 5.57 Å². The van der Waals surface area contributed by atoms with Crippen LogP contribution in [0.4, 0.5) is 0 Å². The van der Waals surface area contributed by atoms with E-state index in [4.69, 9.17) is 5.11 Å². The number of esters is 1. The van der Waals surface area contributed by atoms with Crippen LogP contribution in [0, 0.1) is 0 Å². The summed E-state index contributed by atoms with van der Waals surface area (Å²) in [6, 6.07) is 0. The maximum atomic E-state index is 10.5. The summed E-state index contributed by atoms with van der Waals surface area (Å²) in [5.41, 5.74) is 0.350. The number of hydrogen-bond donors (Lipinski definition) is 1. The van der Waals surface area contributed by atoms with Gasteiger partial charge in [-0.05, 0) is 6.92 Å². The zero-order chi connectivity index (χ0) is 39.3. The molecule has 0 saturated heterocycles. The molecule has 1 N–H and O–H groups in total. The van der Waals surface area contributed by atoms with E-state index < -0.39 is 5.97 Å². The minimum Gasteiger partial charge on any atom is -0.460 e. The Morgan fingerprint density at radius 1 is 0.415 bits per heavy atom. The highest BCUT2D eigenvalue weighted by molar-refractivity contribution is 5.86. The van der Waals surface area contributed by atoms with Gasteiger partial charge in [-0.1, -0.05) is 6.58 Å². The molecular weight excluding hydrogens is 504 g/mol. The van der Waals surface area contributed by atoms with Crippen LogP contribution < -0.4 is 0 Å². The highest BCUT2D eigenvalue weighted by Crippen LogP contribution is 1.89. The van der Waals surface area contributed by atoms with E-state index in [9.17, 15) is 4.79 Å². The zero-order valence-electron chi connectivity index (χ0n) is 28.0. The molecule has 0 rings (SSSR count). The lowest BCUT2D eigenvalue weighted by Gasteiger charge is -1.99. The Hall–Kier alpha value is -4.99. The predicted octanol–water partition coefficient (Wildman–Crippen LogP) is 12.9. The second kappa shape index (κ2) is 2520. The lowest BCUT2D eigenvalue weighted by Crippen LogP contribution is -2.08. The average Bonchev–Trinajstić information content (AvgIpc) is 3.17. The Morgan fingerprint density at radius 3 is 0.610 bits per heavy atom. The molecule has 244 valence electrons. The normalized spacial score (nSPS) is 3.46. The molecule has 3 nitrogen and oxygen atoms in total. The monoisotopic (exact) mass is 579 g/mol. The van der Waals surface area contributed by atoms with E-state index in [1.165, 1.54) is 0 Å². The van der Waals surface area contributed by atoms with E-state index in [2.05, 4.69) is 222 Å². The van der Waals surface area contributed by atoms with Crippen molar-refractivity contribution in [3.8, 4) is 0 Å². The molecule has 0 unspecified atom stereocenters. The molecule has 0 aliphatic heterocycles. The molecule has 0 aliphatic carbocycles. The third-order valence-electron chi connectivity index (χ3n) is 0.673. The maximum Gasteiger partial charge on any atom is 0.333 e. The summed E-state index contributed by atoms with van der Waals surface area (Å²) in [5, 5.41) is 8.19. The Labute approximate surface area is 263 Å². The summed E-state index contributed by atoms with van der Waals surface area (Å²) in [7, 11) is 0. The van der Waals surface area contributed by atoms with E-state index in [0.717, 1.165) is 0 Å². The van der Waals surface area contributed by atoms with E-state index in [-0.39, 0.29) is 13.2 Å². The maximum absolute atomic E-state index is 10.5. The SMILES string of the molecule is C=C.C=C.C=C.C=C.C=C.C=C.C=C.C=C.C=C.C=C.C=C.C=C.C=C.C=C.C=C.C=C.C=C(C)C(=O)OCCO. The van der Waals surface area contributed by atoms with Gasteiger partial charge in [-0.25, -0.2) is 4.79 Å². The molecular formula is C38H74O3. The number of carbonyl (C=O) groups is 1. The van der Waals surface area contributed by atoms with Gasteiger partial charge in [-0.3, -0.25) is 0 Å². The number of ether oxygens (including phenoxy) is 1. The molecule has 0 saturated carbocycles. The van der Waals surface area contributed by atoms with Crippen molar-refractivity contribution in [1.82, 2.24) is 0 Å². The number of aliphatic hydroxyl groups is 1.